The van der Waals surface area contributed by atoms with Gasteiger partial charge < -0.3 is 9.15 Å². The zero-order chi connectivity index (χ0) is 16.6. The van der Waals surface area contributed by atoms with Gasteiger partial charge in [0.1, 0.15) is 22.9 Å². The first-order valence-corrected chi connectivity index (χ1v) is 8.31. The van der Waals surface area contributed by atoms with Gasteiger partial charge in [0.05, 0.1) is 20.6 Å². The molecule has 0 aliphatic heterocycles. The molecule has 1 aromatic heterocycles. The molecule has 0 bridgehead atoms. The molecule has 0 unspecified atom stereocenters. The van der Waals surface area contributed by atoms with Crippen LogP contribution in [0.25, 0.3) is 22.3 Å². The highest BCUT2D eigenvalue weighted by Gasteiger charge is 2.13. The van der Waals surface area contributed by atoms with E-state index in [4.69, 9.17) is 20.8 Å². The fourth-order valence-corrected chi connectivity index (χ4v) is 3.13. The van der Waals surface area contributed by atoms with Crippen molar-refractivity contribution in [2.45, 2.75) is 6.92 Å². The Morgan fingerprint density at radius 1 is 1.26 bits per heavy atom. The van der Waals surface area contributed by atoms with Gasteiger partial charge in [0, 0.05) is 17.7 Å². The van der Waals surface area contributed by atoms with Crippen molar-refractivity contribution in [1.82, 2.24) is 0 Å². The van der Waals surface area contributed by atoms with Crippen LogP contribution in [0.3, 0.4) is 0 Å². The Morgan fingerprint density at radius 3 is 2.74 bits per heavy atom. The monoisotopic (exact) mass is 444 g/mol. The molecule has 0 radical (unpaired) electrons. The van der Waals surface area contributed by atoms with Crippen LogP contribution in [0.1, 0.15) is 6.92 Å². The van der Waals surface area contributed by atoms with Gasteiger partial charge in [0.2, 0.25) is 0 Å². The normalized spacial score (nSPS) is 11.0. The number of rotatable bonds is 3. The summed E-state index contributed by atoms with van der Waals surface area (Å²) in [6, 6.07) is 8.70. The molecule has 2 aromatic carbocycles. The molecule has 0 N–H and O–H groups in total. The average Bonchev–Trinajstić information content (AvgIpc) is 2.49. The van der Waals surface area contributed by atoms with E-state index in [9.17, 15) is 9.18 Å². The molecule has 0 atom stereocenters. The van der Waals surface area contributed by atoms with E-state index in [0.29, 0.717) is 28.9 Å². The summed E-state index contributed by atoms with van der Waals surface area (Å²) in [7, 11) is 0. The number of ether oxygens (including phenoxy) is 1. The molecule has 0 aliphatic rings. The van der Waals surface area contributed by atoms with Crippen LogP contribution >= 0.6 is 34.2 Å². The molecule has 118 valence electrons. The van der Waals surface area contributed by atoms with Crippen molar-refractivity contribution < 1.29 is 13.5 Å². The molecular weight excluding hydrogens is 434 g/mol. The van der Waals surface area contributed by atoms with E-state index in [1.54, 1.807) is 12.1 Å². The summed E-state index contributed by atoms with van der Waals surface area (Å²) in [5, 5.41) is 0.642. The Hall–Kier alpha value is -1.60. The summed E-state index contributed by atoms with van der Waals surface area (Å²) < 4.78 is 25.3. The van der Waals surface area contributed by atoms with Crippen LogP contribution in [-0.2, 0) is 0 Å². The first-order chi connectivity index (χ1) is 11.0. The molecule has 0 spiro atoms. The first-order valence-electron chi connectivity index (χ1n) is 6.85. The molecule has 0 fully saturated rings. The summed E-state index contributed by atoms with van der Waals surface area (Å²) in [4.78, 5) is 12.4. The van der Waals surface area contributed by atoms with E-state index in [1.165, 1.54) is 24.3 Å². The van der Waals surface area contributed by atoms with E-state index in [0.717, 1.165) is 3.57 Å². The van der Waals surface area contributed by atoms with Gasteiger partial charge in [-0.15, -0.1) is 0 Å². The summed E-state index contributed by atoms with van der Waals surface area (Å²) >= 11 is 8.16. The van der Waals surface area contributed by atoms with Crippen molar-refractivity contribution in [1.29, 1.82) is 0 Å². The average molecular weight is 445 g/mol. The van der Waals surface area contributed by atoms with Gasteiger partial charge in [-0.3, -0.25) is 4.79 Å². The third kappa shape index (κ3) is 3.21. The second-order valence-corrected chi connectivity index (χ2v) is 6.38. The molecule has 0 saturated carbocycles. The van der Waals surface area contributed by atoms with Crippen molar-refractivity contribution in [3.05, 3.63) is 61.0 Å². The van der Waals surface area contributed by atoms with Gasteiger partial charge >= 0.3 is 0 Å². The molecule has 3 rings (SSSR count). The van der Waals surface area contributed by atoms with Gasteiger partial charge in [0.15, 0.2) is 5.43 Å². The molecule has 23 heavy (non-hydrogen) atoms. The van der Waals surface area contributed by atoms with Crippen LogP contribution in [-0.4, -0.2) is 6.61 Å². The highest BCUT2D eigenvalue weighted by Crippen LogP contribution is 2.32. The third-order valence-corrected chi connectivity index (χ3v) is 4.43. The van der Waals surface area contributed by atoms with Crippen LogP contribution in [0.5, 0.6) is 5.75 Å². The maximum Gasteiger partial charge on any atom is 0.193 e. The summed E-state index contributed by atoms with van der Waals surface area (Å²) in [6.45, 7) is 2.39. The Bertz CT molecular complexity index is 952. The molecular formula is C17H11ClFIO3. The fraction of sp³-hybridized carbons (Fsp3) is 0.118. The van der Waals surface area contributed by atoms with E-state index in [2.05, 4.69) is 22.6 Å². The van der Waals surface area contributed by atoms with Gasteiger partial charge in [0.25, 0.3) is 0 Å². The molecule has 0 amide bonds. The highest BCUT2D eigenvalue weighted by molar-refractivity contribution is 14.1. The van der Waals surface area contributed by atoms with Crippen LogP contribution in [0.15, 0.2) is 45.6 Å². The van der Waals surface area contributed by atoms with Crippen molar-refractivity contribution in [3.63, 3.8) is 0 Å². The van der Waals surface area contributed by atoms with Crippen LogP contribution in [0, 0.1) is 9.39 Å². The van der Waals surface area contributed by atoms with Gasteiger partial charge in [-0.25, -0.2) is 4.39 Å². The Labute approximate surface area is 150 Å². The Balaban J connectivity index is 2.23. The van der Waals surface area contributed by atoms with Crippen molar-refractivity contribution in [2.75, 3.05) is 6.61 Å². The van der Waals surface area contributed by atoms with Gasteiger partial charge in [-0.1, -0.05) is 11.6 Å². The maximum absolute atomic E-state index is 13.2. The van der Waals surface area contributed by atoms with Crippen molar-refractivity contribution in [2.24, 2.45) is 0 Å². The topological polar surface area (TPSA) is 39.4 Å². The van der Waals surface area contributed by atoms with Crippen LogP contribution in [0.4, 0.5) is 4.39 Å². The summed E-state index contributed by atoms with van der Waals surface area (Å²) in [5.41, 5.74) is 0.669. The lowest BCUT2D eigenvalue weighted by atomic mass is 10.1. The predicted molar refractivity (Wildman–Crippen MR) is 96.8 cm³/mol. The molecule has 1 heterocycles. The van der Waals surface area contributed by atoms with Crippen LogP contribution in [0.2, 0.25) is 5.02 Å². The zero-order valence-electron chi connectivity index (χ0n) is 12.0. The van der Waals surface area contributed by atoms with Gasteiger partial charge in [-0.2, -0.15) is 0 Å². The minimum atomic E-state index is -0.449. The second kappa shape index (κ2) is 6.49. The number of hydrogen-bond donors (Lipinski definition) is 0. The van der Waals surface area contributed by atoms with Gasteiger partial charge in [-0.05, 0) is 53.8 Å². The lowest BCUT2D eigenvalue weighted by molar-refractivity contribution is 0.338. The molecule has 0 saturated heterocycles. The minimum absolute atomic E-state index is 0.183. The van der Waals surface area contributed by atoms with Crippen LogP contribution < -0.4 is 10.2 Å². The maximum atomic E-state index is 13.2. The second-order valence-electron chi connectivity index (χ2n) is 4.81. The lowest BCUT2D eigenvalue weighted by Gasteiger charge is -2.09. The Morgan fingerprint density at radius 2 is 2.04 bits per heavy atom. The van der Waals surface area contributed by atoms with Crippen molar-refractivity contribution in [3.8, 4) is 17.1 Å². The first kappa shape index (κ1) is 16.3. The zero-order valence-corrected chi connectivity index (χ0v) is 14.9. The third-order valence-electron chi connectivity index (χ3n) is 3.28. The van der Waals surface area contributed by atoms with E-state index in [1.807, 2.05) is 6.92 Å². The van der Waals surface area contributed by atoms with E-state index >= 15 is 0 Å². The number of halogens is 3. The molecule has 6 heteroatoms. The molecule has 3 nitrogen and oxygen atoms in total. The summed E-state index contributed by atoms with van der Waals surface area (Å²) in [5.74, 6) is 0.484. The quantitative estimate of drug-likeness (QED) is 0.518. The standard InChI is InChI=1S/C17H11ClFIO3/c1-2-22-17-8-16-11(6-13(17)20)14(21)7-15(23-16)10-4-3-9(19)5-12(10)18/h3-8H,2H2,1H3. The minimum Gasteiger partial charge on any atom is -0.493 e. The summed E-state index contributed by atoms with van der Waals surface area (Å²) in [6.07, 6.45) is 0. The predicted octanol–water partition coefficient (Wildman–Crippen LogP) is 5.26. The highest BCUT2D eigenvalue weighted by atomic mass is 127. The number of benzene rings is 2. The number of fused-ring (bicyclic) bond motifs is 1. The van der Waals surface area contributed by atoms with E-state index < -0.39 is 5.82 Å². The van der Waals surface area contributed by atoms with E-state index in [-0.39, 0.29) is 16.2 Å². The largest absolute Gasteiger partial charge is 0.493 e. The smallest absolute Gasteiger partial charge is 0.193 e. The van der Waals surface area contributed by atoms with Crippen molar-refractivity contribution >= 4 is 45.2 Å². The molecule has 0 aliphatic carbocycles. The number of hydrogen-bond acceptors (Lipinski definition) is 3. The molecule has 3 aromatic rings. The SMILES string of the molecule is CCOc1cc2oc(-c3ccc(F)cc3Cl)cc(=O)c2cc1I. The lowest BCUT2D eigenvalue weighted by Crippen LogP contribution is -2.02. The Kier molecular flexibility index (Phi) is 4.59. The fourth-order valence-electron chi connectivity index (χ4n) is 2.24.